The van der Waals surface area contributed by atoms with Crippen molar-refractivity contribution in [2.75, 3.05) is 7.11 Å². The molecule has 0 radical (unpaired) electrons. The third-order valence-corrected chi connectivity index (χ3v) is 2.73. The van der Waals surface area contributed by atoms with Gasteiger partial charge in [0.1, 0.15) is 5.75 Å². The smallest absolute Gasteiger partial charge is 0.352 e. The number of benzene rings is 2. The molecule has 2 aromatic carbocycles. The van der Waals surface area contributed by atoms with Gasteiger partial charge in [0.25, 0.3) is 0 Å². The van der Waals surface area contributed by atoms with Gasteiger partial charge in [0.2, 0.25) is 11.5 Å². The van der Waals surface area contributed by atoms with Gasteiger partial charge in [-0.15, -0.1) is 0 Å². The molecule has 2 rings (SSSR count). The maximum atomic E-state index is 11.1. The molecule has 2 N–H and O–H groups in total. The largest absolute Gasteiger partial charge is 0.490 e. The predicted molar refractivity (Wildman–Crippen MR) is 74.1 cm³/mol. The molecule has 0 unspecified atom stereocenters. The average molecular weight is 274 g/mol. The fourth-order valence-corrected chi connectivity index (χ4v) is 1.79. The topological polar surface area (TPSA) is 87.6 Å². The highest BCUT2D eigenvalue weighted by Crippen LogP contribution is 2.38. The molecule has 0 heterocycles. The average Bonchev–Trinajstić information content (AvgIpc) is 2.46. The number of nitrogens with two attached hydrogens (primary N) is 1. The van der Waals surface area contributed by atoms with E-state index in [1.807, 2.05) is 6.07 Å². The van der Waals surface area contributed by atoms with E-state index in [1.54, 1.807) is 24.3 Å². The molecule has 6 nitrogen and oxygen atoms in total. The molecule has 0 fully saturated rings. The van der Waals surface area contributed by atoms with Crippen LogP contribution in [0.5, 0.6) is 17.2 Å². The van der Waals surface area contributed by atoms with Gasteiger partial charge in [-0.05, 0) is 29.8 Å². The van der Waals surface area contributed by atoms with Crippen LogP contribution in [0.2, 0.25) is 0 Å². The number of ether oxygens (including phenoxy) is 2. The summed E-state index contributed by atoms with van der Waals surface area (Å²) < 4.78 is 10.6. The zero-order chi connectivity index (χ0) is 14.5. The van der Waals surface area contributed by atoms with E-state index in [-0.39, 0.29) is 17.2 Å². The molecule has 104 valence electrons. The monoisotopic (exact) mass is 274 g/mol. The Balaban J connectivity index is 2.40. The van der Waals surface area contributed by atoms with Crippen molar-refractivity contribution in [2.45, 2.75) is 6.54 Å². The van der Waals surface area contributed by atoms with Crippen molar-refractivity contribution in [2.24, 2.45) is 5.73 Å². The van der Waals surface area contributed by atoms with Crippen LogP contribution in [0.1, 0.15) is 5.56 Å². The van der Waals surface area contributed by atoms with Crippen LogP contribution in [-0.2, 0) is 6.54 Å². The molecule has 0 aliphatic rings. The van der Waals surface area contributed by atoms with Crippen molar-refractivity contribution in [3.63, 3.8) is 0 Å². The van der Waals surface area contributed by atoms with Gasteiger partial charge >= 0.3 is 5.69 Å². The van der Waals surface area contributed by atoms with E-state index in [1.165, 1.54) is 19.2 Å². The van der Waals surface area contributed by atoms with Gasteiger partial charge < -0.3 is 15.2 Å². The lowest BCUT2D eigenvalue weighted by molar-refractivity contribution is -0.386. The zero-order valence-corrected chi connectivity index (χ0v) is 10.9. The molecule has 2 aromatic rings. The summed E-state index contributed by atoms with van der Waals surface area (Å²) in [6, 6.07) is 11.8. The molecule has 0 atom stereocenters. The highest BCUT2D eigenvalue weighted by atomic mass is 16.6. The molecule has 0 saturated carbocycles. The molecule has 0 bridgehead atoms. The summed E-state index contributed by atoms with van der Waals surface area (Å²) in [7, 11) is 1.38. The van der Waals surface area contributed by atoms with Crippen molar-refractivity contribution in [1.82, 2.24) is 0 Å². The number of methoxy groups -OCH3 is 1. The second-order valence-electron chi connectivity index (χ2n) is 4.02. The molecule has 0 aliphatic carbocycles. The van der Waals surface area contributed by atoms with Gasteiger partial charge in [-0.1, -0.05) is 18.2 Å². The maximum Gasteiger partial charge on any atom is 0.352 e. The SMILES string of the molecule is COc1cccc(Oc2cccc(CN)c2)c1[N+](=O)[O-]. The number of nitro benzene ring substituents is 1. The normalized spacial score (nSPS) is 10.1. The van der Waals surface area contributed by atoms with Crippen LogP contribution in [0, 0.1) is 10.1 Å². The van der Waals surface area contributed by atoms with E-state index < -0.39 is 4.92 Å². The predicted octanol–water partition coefficient (Wildman–Crippen LogP) is 2.85. The van der Waals surface area contributed by atoms with E-state index in [4.69, 9.17) is 15.2 Å². The summed E-state index contributed by atoms with van der Waals surface area (Å²) >= 11 is 0. The molecule has 20 heavy (non-hydrogen) atoms. The summed E-state index contributed by atoms with van der Waals surface area (Å²) in [4.78, 5) is 10.6. The Morgan fingerprint density at radius 3 is 2.55 bits per heavy atom. The van der Waals surface area contributed by atoms with Crippen molar-refractivity contribution in [3.8, 4) is 17.2 Å². The molecule has 6 heteroatoms. The highest BCUT2D eigenvalue weighted by molar-refractivity contribution is 5.58. The van der Waals surface area contributed by atoms with E-state index in [2.05, 4.69) is 0 Å². The van der Waals surface area contributed by atoms with Gasteiger partial charge in [-0.25, -0.2) is 0 Å². The molecule has 0 aromatic heterocycles. The van der Waals surface area contributed by atoms with Gasteiger partial charge in [0.05, 0.1) is 12.0 Å². The first kappa shape index (κ1) is 13.8. The minimum absolute atomic E-state index is 0.128. The zero-order valence-electron chi connectivity index (χ0n) is 10.9. The van der Waals surface area contributed by atoms with Crippen LogP contribution in [0.3, 0.4) is 0 Å². The van der Waals surface area contributed by atoms with E-state index in [0.717, 1.165) is 5.56 Å². The van der Waals surface area contributed by atoms with Gasteiger partial charge in [0, 0.05) is 6.54 Å². The van der Waals surface area contributed by atoms with E-state index in [9.17, 15) is 10.1 Å². The first-order valence-electron chi connectivity index (χ1n) is 5.94. The summed E-state index contributed by atoms with van der Waals surface area (Å²) in [6.07, 6.45) is 0. The third kappa shape index (κ3) is 2.86. The summed E-state index contributed by atoms with van der Waals surface area (Å²) in [5.41, 5.74) is 6.23. The van der Waals surface area contributed by atoms with Crippen LogP contribution < -0.4 is 15.2 Å². The number of hydrogen-bond acceptors (Lipinski definition) is 5. The molecule has 0 aliphatic heterocycles. The standard InChI is InChI=1S/C14H14N2O4/c1-19-12-6-3-7-13(14(12)16(17)18)20-11-5-2-4-10(8-11)9-15/h2-8H,9,15H2,1H3. The van der Waals surface area contributed by atoms with Gasteiger partial charge in [-0.3, -0.25) is 10.1 Å². The number of hydrogen-bond donors (Lipinski definition) is 1. The lowest BCUT2D eigenvalue weighted by Gasteiger charge is -2.09. The van der Waals surface area contributed by atoms with Crippen molar-refractivity contribution in [3.05, 3.63) is 58.1 Å². The fourth-order valence-electron chi connectivity index (χ4n) is 1.79. The molecule has 0 saturated heterocycles. The number of nitrogens with zero attached hydrogens (tertiary/aromatic N) is 1. The fraction of sp³-hybridized carbons (Fsp3) is 0.143. The Morgan fingerprint density at radius 1 is 1.20 bits per heavy atom. The van der Waals surface area contributed by atoms with Crippen molar-refractivity contribution >= 4 is 5.69 Å². The Labute approximate surface area is 115 Å². The number of para-hydroxylation sites is 1. The maximum absolute atomic E-state index is 11.1. The van der Waals surface area contributed by atoms with E-state index in [0.29, 0.717) is 12.3 Å². The third-order valence-electron chi connectivity index (χ3n) is 2.73. The van der Waals surface area contributed by atoms with Crippen molar-refractivity contribution < 1.29 is 14.4 Å². The quantitative estimate of drug-likeness (QED) is 0.669. The molecule has 0 spiro atoms. The minimum atomic E-state index is -0.527. The van der Waals surface area contributed by atoms with Crippen LogP contribution in [-0.4, -0.2) is 12.0 Å². The summed E-state index contributed by atoms with van der Waals surface area (Å²) in [5, 5.41) is 11.1. The van der Waals surface area contributed by atoms with Gasteiger partial charge in [-0.2, -0.15) is 0 Å². The van der Waals surface area contributed by atoms with Crippen molar-refractivity contribution in [1.29, 1.82) is 0 Å². The van der Waals surface area contributed by atoms with E-state index >= 15 is 0 Å². The lowest BCUT2D eigenvalue weighted by Crippen LogP contribution is -1.98. The van der Waals surface area contributed by atoms with Crippen LogP contribution in [0.4, 0.5) is 5.69 Å². The van der Waals surface area contributed by atoms with Gasteiger partial charge in [0.15, 0.2) is 0 Å². The van der Waals surface area contributed by atoms with Crippen LogP contribution in [0.15, 0.2) is 42.5 Å². The lowest BCUT2D eigenvalue weighted by atomic mass is 10.2. The number of nitro groups is 1. The minimum Gasteiger partial charge on any atom is -0.490 e. The second kappa shape index (κ2) is 6.03. The first-order valence-corrected chi connectivity index (χ1v) is 5.94. The molecular formula is C14H14N2O4. The Hall–Kier alpha value is -2.60. The second-order valence-corrected chi connectivity index (χ2v) is 4.02. The Morgan fingerprint density at radius 2 is 1.90 bits per heavy atom. The highest BCUT2D eigenvalue weighted by Gasteiger charge is 2.22. The summed E-state index contributed by atoms with van der Waals surface area (Å²) in [6.45, 7) is 0.372. The van der Waals surface area contributed by atoms with Crippen LogP contribution >= 0.6 is 0 Å². The van der Waals surface area contributed by atoms with Crippen LogP contribution in [0.25, 0.3) is 0 Å². The Kier molecular flexibility index (Phi) is 4.17. The Bertz CT molecular complexity index is 628. The summed E-state index contributed by atoms with van der Waals surface area (Å²) in [5.74, 6) is 0.773. The molecule has 0 amide bonds. The first-order chi connectivity index (χ1) is 9.65. The molecular weight excluding hydrogens is 260 g/mol. The number of rotatable bonds is 5.